The Morgan fingerprint density at radius 3 is 2.64 bits per heavy atom. The quantitative estimate of drug-likeness (QED) is 0.416. The van der Waals surface area contributed by atoms with E-state index >= 15 is 0 Å². The van der Waals surface area contributed by atoms with Crippen LogP contribution in [0.1, 0.15) is 29.9 Å². The Balaban J connectivity index is 1.11. The number of ether oxygens (including phenoxy) is 4. The maximum Gasteiger partial charge on any atom is 0.407 e. The molecular weight excluding hydrogens is 462 g/mol. The minimum absolute atomic E-state index is 0.149. The summed E-state index contributed by atoms with van der Waals surface area (Å²) < 4.78 is 22.2. The van der Waals surface area contributed by atoms with Gasteiger partial charge in [0, 0.05) is 37.8 Å². The molecule has 4 rings (SSSR count). The number of fused-ring (bicyclic) bond motifs is 1. The number of benzene rings is 2. The Kier molecular flexibility index (Phi) is 9.07. The van der Waals surface area contributed by atoms with E-state index in [4.69, 9.17) is 18.9 Å². The predicted molar refractivity (Wildman–Crippen MR) is 134 cm³/mol. The average Bonchev–Trinajstić information content (AvgIpc) is 2.93. The lowest BCUT2D eigenvalue weighted by Crippen LogP contribution is -2.33. The zero-order valence-corrected chi connectivity index (χ0v) is 20.3. The van der Waals surface area contributed by atoms with Crippen molar-refractivity contribution in [3.05, 3.63) is 72.1 Å². The molecule has 1 aromatic heterocycles. The highest BCUT2D eigenvalue weighted by Gasteiger charge is 2.24. The number of nitrogens with zero attached hydrogens (tertiary/aromatic N) is 1. The summed E-state index contributed by atoms with van der Waals surface area (Å²) in [4.78, 5) is 27.6. The molecule has 190 valence electrons. The van der Waals surface area contributed by atoms with Crippen LogP contribution < -0.4 is 15.4 Å². The van der Waals surface area contributed by atoms with Crippen molar-refractivity contribution in [2.45, 2.75) is 31.6 Å². The van der Waals surface area contributed by atoms with Gasteiger partial charge in [-0.15, -0.1) is 0 Å². The van der Waals surface area contributed by atoms with Gasteiger partial charge in [0.1, 0.15) is 5.75 Å². The third-order valence-corrected chi connectivity index (χ3v) is 5.99. The van der Waals surface area contributed by atoms with Crippen molar-refractivity contribution in [1.82, 2.24) is 15.6 Å². The molecule has 2 aromatic carbocycles. The minimum Gasteiger partial charge on any atom is -0.497 e. The number of hydrogen-bond donors (Lipinski definition) is 2. The molecule has 2 amide bonds. The van der Waals surface area contributed by atoms with Crippen LogP contribution in [-0.4, -0.2) is 56.7 Å². The zero-order valence-electron chi connectivity index (χ0n) is 20.3. The highest BCUT2D eigenvalue weighted by Crippen LogP contribution is 2.31. The number of amides is 2. The van der Waals surface area contributed by atoms with Gasteiger partial charge in [-0.1, -0.05) is 24.3 Å². The molecule has 0 saturated carbocycles. The van der Waals surface area contributed by atoms with E-state index in [-0.39, 0.29) is 24.7 Å². The molecule has 1 aliphatic rings. The summed E-state index contributed by atoms with van der Waals surface area (Å²) in [6.07, 6.45) is 3.66. The number of aromatic nitrogens is 1. The van der Waals surface area contributed by atoms with Crippen LogP contribution in [-0.2, 0) is 25.5 Å². The molecule has 1 fully saturated rings. The summed E-state index contributed by atoms with van der Waals surface area (Å²) in [6.45, 7) is 1.55. The Bertz CT molecular complexity index is 1150. The van der Waals surface area contributed by atoms with E-state index in [2.05, 4.69) is 33.8 Å². The van der Waals surface area contributed by atoms with Crippen molar-refractivity contribution in [1.29, 1.82) is 0 Å². The number of carbonyl (C=O) groups is 2. The van der Waals surface area contributed by atoms with E-state index in [1.807, 2.05) is 18.2 Å². The molecule has 3 aromatic rings. The number of rotatable bonds is 10. The van der Waals surface area contributed by atoms with Gasteiger partial charge in [-0.05, 0) is 52.6 Å². The van der Waals surface area contributed by atoms with E-state index in [1.165, 1.54) is 10.9 Å². The number of carbonyl (C=O) groups excluding carboxylic acids is 2. The van der Waals surface area contributed by atoms with E-state index in [0.29, 0.717) is 39.1 Å². The molecule has 1 aliphatic heterocycles. The van der Waals surface area contributed by atoms with Gasteiger partial charge in [-0.2, -0.15) is 0 Å². The normalized spacial score (nSPS) is 17.4. The van der Waals surface area contributed by atoms with Gasteiger partial charge in [0.15, 0.2) is 12.9 Å². The molecule has 0 aliphatic carbocycles. The standard InChI is InChI=1S/C27H31N3O6/c1-33-22-7-8-24-20(14-22)4-2-5-23(24)21-16-34-26(35-17-21)6-3-11-29-27(32)36-18-25(31)30-15-19-9-12-28-13-10-19/h2,4-5,7-10,12-14,21,26H,3,6,11,15-18H2,1H3,(H,29,32)(H,30,31). The van der Waals surface area contributed by atoms with Gasteiger partial charge in [0.05, 0.1) is 20.3 Å². The first-order chi connectivity index (χ1) is 17.6. The summed E-state index contributed by atoms with van der Waals surface area (Å²) in [6, 6.07) is 15.9. The second-order valence-corrected chi connectivity index (χ2v) is 8.50. The van der Waals surface area contributed by atoms with E-state index in [0.717, 1.165) is 16.7 Å². The second kappa shape index (κ2) is 12.9. The molecule has 36 heavy (non-hydrogen) atoms. The number of methoxy groups -OCH3 is 1. The monoisotopic (exact) mass is 493 g/mol. The maximum absolute atomic E-state index is 11.8. The fourth-order valence-electron chi connectivity index (χ4n) is 4.05. The maximum atomic E-state index is 11.8. The summed E-state index contributed by atoms with van der Waals surface area (Å²) >= 11 is 0. The summed E-state index contributed by atoms with van der Waals surface area (Å²) in [5.74, 6) is 0.611. The van der Waals surface area contributed by atoms with Crippen LogP contribution in [0.5, 0.6) is 5.75 Å². The highest BCUT2D eigenvalue weighted by atomic mass is 16.7. The lowest BCUT2D eigenvalue weighted by molar-refractivity contribution is -0.189. The fraction of sp³-hybridized carbons (Fsp3) is 0.370. The molecule has 2 N–H and O–H groups in total. The van der Waals surface area contributed by atoms with Crippen LogP contribution in [0.4, 0.5) is 4.79 Å². The Labute approximate surface area is 210 Å². The number of pyridine rings is 1. The lowest BCUT2D eigenvalue weighted by Gasteiger charge is -2.30. The van der Waals surface area contributed by atoms with Crippen LogP contribution in [0, 0.1) is 0 Å². The third-order valence-electron chi connectivity index (χ3n) is 5.99. The number of nitrogens with one attached hydrogen (secondary N) is 2. The van der Waals surface area contributed by atoms with Gasteiger partial charge in [0.25, 0.3) is 5.91 Å². The number of alkyl carbamates (subject to hydrolysis) is 1. The van der Waals surface area contributed by atoms with Gasteiger partial charge < -0.3 is 29.6 Å². The minimum atomic E-state index is -0.632. The SMILES string of the molecule is COc1ccc2c(C3COC(CCCNC(=O)OCC(=O)NCc4ccncc4)OC3)cccc2c1. The molecule has 9 nitrogen and oxygen atoms in total. The Hall–Kier alpha value is -3.69. The molecular formula is C27H31N3O6. The molecule has 0 atom stereocenters. The molecule has 0 unspecified atom stereocenters. The topological polar surface area (TPSA) is 108 Å². The second-order valence-electron chi connectivity index (χ2n) is 8.50. The van der Waals surface area contributed by atoms with E-state index in [9.17, 15) is 9.59 Å². The molecule has 9 heteroatoms. The highest BCUT2D eigenvalue weighted by molar-refractivity contribution is 5.87. The molecule has 0 radical (unpaired) electrons. The average molecular weight is 494 g/mol. The van der Waals surface area contributed by atoms with Gasteiger partial charge in [0.2, 0.25) is 0 Å². The van der Waals surface area contributed by atoms with Crippen molar-refractivity contribution in [2.75, 3.05) is 33.5 Å². The van der Waals surface area contributed by atoms with Gasteiger partial charge >= 0.3 is 6.09 Å². The first-order valence-electron chi connectivity index (χ1n) is 12.0. The fourth-order valence-corrected chi connectivity index (χ4v) is 4.05. The van der Waals surface area contributed by atoms with Crippen LogP contribution in [0.3, 0.4) is 0 Å². The molecule has 0 bridgehead atoms. The lowest BCUT2D eigenvalue weighted by atomic mass is 9.94. The van der Waals surface area contributed by atoms with Crippen molar-refractivity contribution in [2.24, 2.45) is 0 Å². The molecule has 1 saturated heterocycles. The van der Waals surface area contributed by atoms with Crippen molar-refractivity contribution in [3.63, 3.8) is 0 Å². The van der Waals surface area contributed by atoms with Crippen molar-refractivity contribution >= 4 is 22.8 Å². The van der Waals surface area contributed by atoms with Crippen molar-refractivity contribution in [3.8, 4) is 5.75 Å². The first-order valence-corrected chi connectivity index (χ1v) is 12.0. The number of hydrogen-bond acceptors (Lipinski definition) is 7. The van der Waals surface area contributed by atoms with Crippen LogP contribution in [0.25, 0.3) is 10.8 Å². The summed E-state index contributed by atoms with van der Waals surface area (Å²) in [5, 5.41) is 7.62. The summed E-state index contributed by atoms with van der Waals surface area (Å²) in [5.41, 5.74) is 2.11. The predicted octanol–water partition coefficient (Wildman–Crippen LogP) is 3.52. The molecule has 2 heterocycles. The Morgan fingerprint density at radius 2 is 1.86 bits per heavy atom. The summed E-state index contributed by atoms with van der Waals surface area (Å²) in [7, 11) is 1.66. The van der Waals surface area contributed by atoms with Crippen LogP contribution in [0.15, 0.2) is 60.9 Å². The van der Waals surface area contributed by atoms with E-state index < -0.39 is 6.09 Å². The van der Waals surface area contributed by atoms with E-state index in [1.54, 1.807) is 31.6 Å². The zero-order chi connectivity index (χ0) is 25.2. The third kappa shape index (κ3) is 7.16. The van der Waals surface area contributed by atoms with Crippen LogP contribution in [0.2, 0.25) is 0 Å². The van der Waals surface area contributed by atoms with Gasteiger partial charge in [-0.3, -0.25) is 9.78 Å². The molecule has 0 spiro atoms. The smallest absolute Gasteiger partial charge is 0.407 e. The van der Waals surface area contributed by atoms with Crippen molar-refractivity contribution < 1.29 is 28.5 Å². The van der Waals surface area contributed by atoms with Gasteiger partial charge in [-0.25, -0.2) is 4.79 Å². The largest absolute Gasteiger partial charge is 0.497 e. The van der Waals surface area contributed by atoms with Crippen LogP contribution >= 0.6 is 0 Å². The first kappa shape index (κ1) is 25.4. The Morgan fingerprint density at radius 1 is 1.06 bits per heavy atom.